The van der Waals surface area contributed by atoms with Crippen LogP contribution < -0.4 is 0 Å². The Kier molecular flexibility index (Phi) is 2.43. The smallest absolute Gasteiger partial charge is 0.0639 e. The van der Waals surface area contributed by atoms with Gasteiger partial charge in [-0.1, -0.05) is 0 Å². The minimum atomic E-state index is 1.06. The summed E-state index contributed by atoms with van der Waals surface area (Å²) in [6, 6.07) is 12.1. The quantitative estimate of drug-likeness (QED) is 0.666. The van der Waals surface area contributed by atoms with Gasteiger partial charge < -0.3 is 4.57 Å². The number of hydrogen-bond acceptors (Lipinski definition) is 2. The zero-order chi connectivity index (χ0) is 11.5. The van der Waals surface area contributed by atoms with Gasteiger partial charge in [-0.3, -0.25) is 9.97 Å². The fourth-order valence-electron chi connectivity index (χ4n) is 1.86. The summed E-state index contributed by atoms with van der Waals surface area (Å²) >= 11 is 0. The van der Waals surface area contributed by atoms with Gasteiger partial charge in [0, 0.05) is 30.4 Å². The Hall–Kier alpha value is -2.42. The second kappa shape index (κ2) is 4.22. The van der Waals surface area contributed by atoms with Crippen LogP contribution in [0, 0.1) is 0 Å². The summed E-state index contributed by atoms with van der Waals surface area (Å²) in [6.45, 7) is 0. The van der Waals surface area contributed by atoms with Gasteiger partial charge in [-0.15, -0.1) is 0 Å². The summed E-state index contributed by atoms with van der Waals surface area (Å²) in [4.78, 5) is 8.18. The van der Waals surface area contributed by atoms with E-state index in [0.29, 0.717) is 0 Å². The van der Waals surface area contributed by atoms with E-state index < -0.39 is 0 Å². The Bertz CT molecular complexity index is 546. The van der Waals surface area contributed by atoms with Crippen LogP contribution in [-0.2, 0) is 0 Å². The maximum Gasteiger partial charge on any atom is 0.0639 e. The highest BCUT2D eigenvalue weighted by Crippen LogP contribution is 2.22. The summed E-state index contributed by atoms with van der Waals surface area (Å²) < 4.78 is 2.11. The Balaban J connectivity index is 2.13. The Morgan fingerprint density at radius 1 is 0.824 bits per heavy atom. The van der Waals surface area contributed by atoms with Gasteiger partial charge in [0.05, 0.1) is 17.6 Å². The summed E-state index contributed by atoms with van der Waals surface area (Å²) in [5.41, 5.74) is 3.35. The molecule has 3 heterocycles. The van der Waals surface area contributed by atoms with Crippen LogP contribution in [-0.4, -0.2) is 14.5 Å². The molecule has 17 heavy (non-hydrogen) atoms. The first kappa shape index (κ1) is 9.78. The molecule has 0 saturated heterocycles. The molecule has 0 atom stereocenters. The van der Waals surface area contributed by atoms with Crippen molar-refractivity contribution in [3.8, 4) is 16.9 Å². The molecule has 0 saturated carbocycles. The number of aromatic nitrogens is 3. The molecular weight excluding hydrogens is 210 g/mol. The van der Waals surface area contributed by atoms with Gasteiger partial charge in [0.2, 0.25) is 0 Å². The molecule has 0 radical (unpaired) electrons. The summed E-state index contributed by atoms with van der Waals surface area (Å²) in [5, 5.41) is 0. The molecule has 3 nitrogen and oxygen atoms in total. The molecule has 3 rings (SSSR count). The van der Waals surface area contributed by atoms with Gasteiger partial charge in [0.1, 0.15) is 0 Å². The van der Waals surface area contributed by atoms with Crippen molar-refractivity contribution in [2.24, 2.45) is 0 Å². The highest BCUT2D eigenvalue weighted by atomic mass is 15.0. The molecule has 82 valence electrons. The molecule has 3 heteroatoms. The molecule has 3 aromatic heterocycles. The molecular formula is C14H11N3. The second-order valence-corrected chi connectivity index (χ2v) is 3.71. The van der Waals surface area contributed by atoms with Crippen LogP contribution in [0.25, 0.3) is 16.9 Å². The first-order chi connectivity index (χ1) is 8.45. The largest absolute Gasteiger partial charge is 0.315 e. The Morgan fingerprint density at radius 3 is 2.47 bits per heavy atom. The van der Waals surface area contributed by atoms with Crippen molar-refractivity contribution in [1.82, 2.24) is 14.5 Å². The van der Waals surface area contributed by atoms with Gasteiger partial charge in [-0.25, -0.2) is 0 Å². The van der Waals surface area contributed by atoms with Crippen LogP contribution >= 0.6 is 0 Å². The van der Waals surface area contributed by atoms with Crippen molar-refractivity contribution in [2.45, 2.75) is 0 Å². The number of pyridine rings is 2. The summed E-state index contributed by atoms with van der Waals surface area (Å²) in [5.74, 6) is 0. The second-order valence-electron chi connectivity index (χ2n) is 3.71. The lowest BCUT2D eigenvalue weighted by molar-refractivity contribution is 1.06. The lowest BCUT2D eigenvalue weighted by Crippen LogP contribution is -1.95. The molecule has 0 aliphatic heterocycles. The third-order valence-electron chi connectivity index (χ3n) is 2.65. The molecule has 0 aromatic carbocycles. The topological polar surface area (TPSA) is 30.7 Å². The van der Waals surface area contributed by atoms with Crippen LogP contribution in [0.3, 0.4) is 0 Å². The fourth-order valence-corrected chi connectivity index (χ4v) is 1.86. The van der Waals surface area contributed by atoms with Crippen LogP contribution in [0.5, 0.6) is 0 Å². The summed E-state index contributed by atoms with van der Waals surface area (Å²) in [6.07, 6.45) is 9.27. The predicted octanol–water partition coefficient (Wildman–Crippen LogP) is 2.93. The normalized spacial score (nSPS) is 10.4. The van der Waals surface area contributed by atoms with Gasteiger partial charge in [0.15, 0.2) is 0 Å². The van der Waals surface area contributed by atoms with E-state index in [4.69, 9.17) is 0 Å². The fraction of sp³-hybridized carbons (Fsp3) is 0. The molecule has 0 amide bonds. The average molecular weight is 221 g/mol. The highest BCUT2D eigenvalue weighted by Gasteiger charge is 2.04. The SMILES string of the molecule is c1cncc(-n2cccc2-c2ccncc2)c1. The first-order valence-corrected chi connectivity index (χ1v) is 5.43. The Labute approximate surface area is 99.4 Å². The summed E-state index contributed by atoms with van der Waals surface area (Å²) in [7, 11) is 0. The average Bonchev–Trinajstić information content (AvgIpc) is 2.90. The van der Waals surface area contributed by atoms with E-state index >= 15 is 0 Å². The van der Waals surface area contributed by atoms with Crippen LogP contribution in [0.4, 0.5) is 0 Å². The number of hydrogen-bond donors (Lipinski definition) is 0. The predicted molar refractivity (Wildman–Crippen MR) is 66.8 cm³/mol. The van der Waals surface area contributed by atoms with Crippen molar-refractivity contribution in [3.05, 3.63) is 67.4 Å². The van der Waals surface area contributed by atoms with E-state index in [1.54, 1.807) is 18.6 Å². The minimum absolute atomic E-state index is 1.06. The van der Waals surface area contributed by atoms with E-state index in [2.05, 4.69) is 20.6 Å². The molecule has 0 aliphatic carbocycles. The highest BCUT2D eigenvalue weighted by molar-refractivity contribution is 5.62. The standard InChI is InChI=1S/C14H11N3/c1-3-13(11-16-7-1)17-10-2-4-14(17)12-5-8-15-9-6-12/h1-11H. The molecule has 0 unspecified atom stereocenters. The third kappa shape index (κ3) is 1.83. The van der Waals surface area contributed by atoms with E-state index in [1.165, 1.54) is 0 Å². The van der Waals surface area contributed by atoms with Crippen LogP contribution in [0.15, 0.2) is 67.4 Å². The van der Waals surface area contributed by atoms with E-state index in [-0.39, 0.29) is 0 Å². The van der Waals surface area contributed by atoms with Gasteiger partial charge in [0.25, 0.3) is 0 Å². The lowest BCUT2D eigenvalue weighted by Gasteiger charge is -2.08. The van der Waals surface area contributed by atoms with Gasteiger partial charge in [-0.2, -0.15) is 0 Å². The molecule has 0 N–H and O–H groups in total. The van der Waals surface area contributed by atoms with Gasteiger partial charge in [-0.05, 0) is 36.4 Å². The zero-order valence-electron chi connectivity index (χ0n) is 9.19. The molecule has 0 aliphatic rings. The van der Waals surface area contributed by atoms with Crippen molar-refractivity contribution < 1.29 is 0 Å². The maximum atomic E-state index is 4.14. The lowest BCUT2D eigenvalue weighted by atomic mass is 10.2. The maximum absolute atomic E-state index is 4.14. The molecule has 0 fully saturated rings. The van der Waals surface area contributed by atoms with E-state index in [0.717, 1.165) is 16.9 Å². The number of rotatable bonds is 2. The first-order valence-electron chi connectivity index (χ1n) is 5.43. The van der Waals surface area contributed by atoms with Crippen molar-refractivity contribution in [1.29, 1.82) is 0 Å². The molecule has 0 spiro atoms. The Morgan fingerprint density at radius 2 is 1.71 bits per heavy atom. The van der Waals surface area contributed by atoms with Crippen LogP contribution in [0.2, 0.25) is 0 Å². The van der Waals surface area contributed by atoms with E-state index in [9.17, 15) is 0 Å². The van der Waals surface area contributed by atoms with Gasteiger partial charge >= 0.3 is 0 Å². The van der Waals surface area contributed by atoms with Crippen molar-refractivity contribution in [3.63, 3.8) is 0 Å². The minimum Gasteiger partial charge on any atom is -0.315 e. The molecule has 3 aromatic rings. The van der Waals surface area contributed by atoms with E-state index in [1.807, 2.05) is 42.7 Å². The third-order valence-corrected chi connectivity index (χ3v) is 2.65. The number of nitrogens with zero attached hydrogens (tertiary/aromatic N) is 3. The van der Waals surface area contributed by atoms with Crippen LogP contribution in [0.1, 0.15) is 0 Å². The van der Waals surface area contributed by atoms with Crippen molar-refractivity contribution in [2.75, 3.05) is 0 Å². The molecule has 0 bridgehead atoms. The zero-order valence-corrected chi connectivity index (χ0v) is 9.19. The van der Waals surface area contributed by atoms with Crippen molar-refractivity contribution >= 4 is 0 Å². The monoisotopic (exact) mass is 221 g/mol.